The number of benzene rings is 2. The summed E-state index contributed by atoms with van der Waals surface area (Å²) in [5.41, 5.74) is 10.4. The van der Waals surface area contributed by atoms with Gasteiger partial charge in [-0.1, -0.05) is 42.5 Å². The SMILES string of the molecule is N[C@H]1C(=O)N(CC2CC2)c2ccccc2-c2ccccc21. The zero-order valence-corrected chi connectivity index (χ0v) is 11.8. The van der Waals surface area contributed by atoms with Gasteiger partial charge >= 0.3 is 0 Å². The van der Waals surface area contributed by atoms with E-state index in [1.165, 1.54) is 12.8 Å². The van der Waals surface area contributed by atoms with Crippen molar-refractivity contribution >= 4 is 11.6 Å². The maximum atomic E-state index is 12.8. The molecule has 1 saturated carbocycles. The van der Waals surface area contributed by atoms with E-state index in [1.54, 1.807) is 0 Å². The molecule has 1 amide bonds. The second-order valence-corrected chi connectivity index (χ2v) is 5.97. The van der Waals surface area contributed by atoms with Gasteiger partial charge in [-0.05, 0) is 36.0 Å². The van der Waals surface area contributed by atoms with Crippen LogP contribution in [0.1, 0.15) is 24.4 Å². The summed E-state index contributed by atoms with van der Waals surface area (Å²) >= 11 is 0. The number of nitrogens with two attached hydrogens (primary N) is 1. The molecule has 2 aliphatic rings. The molecule has 4 rings (SSSR count). The second-order valence-electron chi connectivity index (χ2n) is 5.97. The Bertz CT molecular complexity index is 706. The van der Waals surface area contributed by atoms with E-state index in [1.807, 2.05) is 41.3 Å². The topological polar surface area (TPSA) is 46.3 Å². The van der Waals surface area contributed by atoms with Gasteiger partial charge in [-0.2, -0.15) is 0 Å². The summed E-state index contributed by atoms with van der Waals surface area (Å²) in [6, 6.07) is 15.5. The van der Waals surface area contributed by atoms with E-state index in [-0.39, 0.29) is 5.91 Å². The van der Waals surface area contributed by atoms with Crippen molar-refractivity contribution in [3.05, 3.63) is 54.1 Å². The third-order valence-corrected chi connectivity index (χ3v) is 4.45. The van der Waals surface area contributed by atoms with Crippen molar-refractivity contribution in [3.63, 3.8) is 0 Å². The van der Waals surface area contributed by atoms with Crippen LogP contribution in [-0.4, -0.2) is 12.5 Å². The van der Waals surface area contributed by atoms with E-state index < -0.39 is 6.04 Å². The Morgan fingerprint density at radius 1 is 1.00 bits per heavy atom. The highest BCUT2D eigenvalue weighted by Gasteiger charge is 2.34. The van der Waals surface area contributed by atoms with Crippen LogP contribution in [0.2, 0.25) is 0 Å². The molecule has 106 valence electrons. The van der Waals surface area contributed by atoms with Gasteiger partial charge in [-0.15, -0.1) is 0 Å². The van der Waals surface area contributed by atoms with Crippen LogP contribution in [-0.2, 0) is 4.79 Å². The average Bonchev–Trinajstić information content (AvgIpc) is 3.35. The van der Waals surface area contributed by atoms with Crippen LogP contribution in [0.25, 0.3) is 11.1 Å². The molecule has 3 nitrogen and oxygen atoms in total. The number of amides is 1. The van der Waals surface area contributed by atoms with Crippen molar-refractivity contribution in [1.82, 2.24) is 0 Å². The fourth-order valence-electron chi connectivity index (χ4n) is 3.12. The quantitative estimate of drug-likeness (QED) is 0.917. The second kappa shape index (κ2) is 4.71. The lowest BCUT2D eigenvalue weighted by Crippen LogP contribution is -2.39. The molecule has 0 spiro atoms. The number of anilines is 1. The van der Waals surface area contributed by atoms with Gasteiger partial charge in [-0.25, -0.2) is 0 Å². The van der Waals surface area contributed by atoms with Gasteiger partial charge in [0.15, 0.2) is 0 Å². The molecule has 3 heteroatoms. The van der Waals surface area contributed by atoms with E-state index in [4.69, 9.17) is 5.73 Å². The summed E-state index contributed by atoms with van der Waals surface area (Å²) in [4.78, 5) is 14.7. The molecule has 0 aromatic heterocycles. The maximum Gasteiger partial charge on any atom is 0.248 e. The molecule has 0 radical (unpaired) electrons. The summed E-state index contributed by atoms with van der Waals surface area (Å²) in [5.74, 6) is 0.648. The molecule has 1 heterocycles. The molecule has 1 aliphatic carbocycles. The molecule has 1 fully saturated rings. The summed E-state index contributed by atoms with van der Waals surface area (Å²) in [7, 11) is 0. The number of hydrogen-bond acceptors (Lipinski definition) is 2. The minimum atomic E-state index is -0.577. The van der Waals surface area contributed by atoms with E-state index in [0.717, 1.165) is 28.9 Å². The van der Waals surface area contributed by atoms with Crippen LogP contribution in [0.4, 0.5) is 5.69 Å². The third-order valence-electron chi connectivity index (χ3n) is 4.45. The van der Waals surface area contributed by atoms with Crippen LogP contribution in [0.3, 0.4) is 0 Å². The van der Waals surface area contributed by atoms with Crippen LogP contribution < -0.4 is 10.6 Å². The first-order valence-electron chi connectivity index (χ1n) is 7.51. The summed E-state index contributed by atoms with van der Waals surface area (Å²) in [6.07, 6.45) is 2.43. The Balaban J connectivity index is 1.92. The molecule has 1 aliphatic heterocycles. The zero-order valence-electron chi connectivity index (χ0n) is 11.8. The fraction of sp³-hybridized carbons (Fsp3) is 0.278. The lowest BCUT2D eigenvalue weighted by atomic mass is 9.96. The summed E-state index contributed by atoms with van der Waals surface area (Å²) in [6.45, 7) is 0.789. The van der Waals surface area contributed by atoms with Gasteiger partial charge in [0.05, 0.1) is 5.69 Å². The van der Waals surface area contributed by atoms with Crippen LogP contribution in [0.15, 0.2) is 48.5 Å². The highest BCUT2D eigenvalue weighted by atomic mass is 16.2. The molecule has 0 unspecified atom stereocenters. The minimum Gasteiger partial charge on any atom is -0.316 e. The lowest BCUT2D eigenvalue weighted by molar-refractivity contribution is -0.120. The first-order chi connectivity index (χ1) is 10.3. The number of carbonyl (C=O) groups is 1. The first kappa shape index (κ1) is 12.6. The number of para-hydroxylation sites is 1. The Labute approximate surface area is 124 Å². The van der Waals surface area contributed by atoms with Gasteiger partial charge in [0.25, 0.3) is 0 Å². The molecule has 2 N–H and O–H groups in total. The van der Waals surface area contributed by atoms with Crippen molar-refractivity contribution < 1.29 is 4.79 Å². The van der Waals surface area contributed by atoms with Crippen molar-refractivity contribution in [1.29, 1.82) is 0 Å². The monoisotopic (exact) mass is 278 g/mol. The number of carbonyl (C=O) groups excluding carboxylic acids is 1. The fourth-order valence-corrected chi connectivity index (χ4v) is 3.12. The average molecular weight is 278 g/mol. The van der Waals surface area contributed by atoms with Crippen molar-refractivity contribution in [2.45, 2.75) is 18.9 Å². The van der Waals surface area contributed by atoms with E-state index in [2.05, 4.69) is 12.1 Å². The van der Waals surface area contributed by atoms with E-state index >= 15 is 0 Å². The van der Waals surface area contributed by atoms with Crippen molar-refractivity contribution in [2.75, 3.05) is 11.4 Å². The largest absolute Gasteiger partial charge is 0.316 e. The van der Waals surface area contributed by atoms with Gasteiger partial charge in [0, 0.05) is 12.1 Å². The normalized spacial score (nSPS) is 20.7. The molecule has 1 atom stereocenters. The predicted molar refractivity (Wildman–Crippen MR) is 83.9 cm³/mol. The van der Waals surface area contributed by atoms with E-state index in [0.29, 0.717) is 5.92 Å². The molecule has 2 aromatic rings. The lowest BCUT2D eigenvalue weighted by Gasteiger charge is -2.24. The number of rotatable bonds is 2. The highest BCUT2D eigenvalue weighted by molar-refractivity contribution is 6.04. The standard InChI is InChI=1S/C18H18N2O/c19-17-15-7-2-1-5-13(15)14-6-3-4-8-16(14)20(18(17)21)11-12-9-10-12/h1-8,12,17H,9-11,19H2/t17-/m1/s1. The Morgan fingerprint density at radius 2 is 1.67 bits per heavy atom. The molecular formula is C18H18N2O. The molecule has 21 heavy (non-hydrogen) atoms. The van der Waals surface area contributed by atoms with Crippen LogP contribution in [0.5, 0.6) is 0 Å². The van der Waals surface area contributed by atoms with E-state index in [9.17, 15) is 4.79 Å². The van der Waals surface area contributed by atoms with Gasteiger partial charge in [-0.3, -0.25) is 4.79 Å². The smallest absolute Gasteiger partial charge is 0.248 e. The molecule has 0 bridgehead atoms. The number of nitrogens with zero attached hydrogens (tertiary/aromatic N) is 1. The molecule has 2 aromatic carbocycles. The predicted octanol–water partition coefficient (Wildman–Crippen LogP) is 3.11. The summed E-state index contributed by atoms with van der Waals surface area (Å²) < 4.78 is 0. The summed E-state index contributed by atoms with van der Waals surface area (Å²) in [5, 5.41) is 0. The zero-order chi connectivity index (χ0) is 14.4. The van der Waals surface area contributed by atoms with Crippen LogP contribution in [0, 0.1) is 5.92 Å². The minimum absolute atomic E-state index is 0.0132. The van der Waals surface area contributed by atoms with Crippen molar-refractivity contribution in [2.24, 2.45) is 11.7 Å². The van der Waals surface area contributed by atoms with Gasteiger partial charge in [0.1, 0.15) is 6.04 Å². The molecule has 0 saturated heterocycles. The number of hydrogen-bond donors (Lipinski definition) is 1. The molecular weight excluding hydrogens is 260 g/mol. The van der Waals surface area contributed by atoms with Crippen molar-refractivity contribution in [3.8, 4) is 11.1 Å². The highest BCUT2D eigenvalue weighted by Crippen LogP contribution is 2.41. The Hall–Kier alpha value is -2.13. The first-order valence-corrected chi connectivity index (χ1v) is 7.51. The Kier molecular flexibility index (Phi) is 2.82. The third kappa shape index (κ3) is 2.05. The maximum absolute atomic E-state index is 12.8. The van der Waals surface area contributed by atoms with Gasteiger partial charge < -0.3 is 10.6 Å². The number of fused-ring (bicyclic) bond motifs is 3. The Morgan fingerprint density at radius 3 is 2.43 bits per heavy atom. The van der Waals surface area contributed by atoms with Gasteiger partial charge in [0.2, 0.25) is 5.91 Å². The van der Waals surface area contributed by atoms with Crippen LogP contribution >= 0.6 is 0 Å².